The van der Waals surface area contributed by atoms with E-state index in [1.165, 1.54) is 19.4 Å². The van der Waals surface area contributed by atoms with Crippen molar-refractivity contribution in [3.63, 3.8) is 0 Å². The number of nitrogens with zero attached hydrogens (tertiary/aromatic N) is 3. The molecule has 18 heavy (non-hydrogen) atoms. The maximum Gasteiger partial charge on any atom is 0.202 e. The summed E-state index contributed by atoms with van der Waals surface area (Å²) in [5.74, 6) is 0.930. The van der Waals surface area contributed by atoms with E-state index in [0.29, 0.717) is 12.1 Å². The molecule has 100 valence electrons. The summed E-state index contributed by atoms with van der Waals surface area (Å²) in [6.07, 6.45) is 5.01. The van der Waals surface area contributed by atoms with Gasteiger partial charge in [0.1, 0.15) is 0 Å². The van der Waals surface area contributed by atoms with E-state index < -0.39 is 0 Å². The minimum absolute atomic E-state index is 0.292. The van der Waals surface area contributed by atoms with Gasteiger partial charge >= 0.3 is 0 Å². The summed E-state index contributed by atoms with van der Waals surface area (Å²) < 4.78 is 8.15. The number of fused-ring (bicyclic) bond motifs is 1. The third kappa shape index (κ3) is 2.24. The van der Waals surface area contributed by atoms with Gasteiger partial charge in [-0.1, -0.05) is 0 Å². The molecule has 1 N–H and O–H groups in total. The van der Waals surface area contributed by atoms with Crippen LogP contribution in [0.5, 0.6) is 0 Å². The van der Waals surface area contributed by atoms with Crippen LogP contribution in [0.4, 0.5) is 5.95 Å². The molecule has 0 radical (unpaired) electrons. The summed E-state index contributed by atoms with van der Waals surface area (Å²) in [4.78, 5) is 7.02. The number of morpholine rings is 1. The quantitative estimate of drug-likeness (QED) is 0.872. The maximum atomic E-state index is 5.99. The highest BCUT2D eigenvalue weighted by Gasteiger charge is 2.32. The fourth-order valence-corrected chi connectivity index (χ4v) is 3.10. The smallest absolute Gasteiger partial charge is 0.202 e. The van der Waals surface area contributed by atoms with Crippen LogP contribution in [-0.4, -0.2) is 53.3 Å². The van der Waals surface area contributed by atoms with Crippen LogP contribution >= 0.6 is 0 Å². The summed E-state index contributed by atoms with van der Waals surface area (Å²) >= 11 is 0. The van der Waals surface area contributed by atoms with E-state index in [-0.39, 0.29) is 0 Å². The molecule has 3 rings (SSSR count). The van der Waals surface area contributed by atoms with Gasteiger partial charge in [0.2, 0.25) is 5.95 Å². The molecular formula is C13H22N4O. The van der Waals surface area contributed by atoms with Crippen molar-refractivity contribution >= 4 is 5.95 Å². The molecule has 2 atom stereocenters. The number of ether oxygens (including phenoxy) is 1. The Morgan fingerprint density at radius 1 is 1.56 bits per heavy atom. The molecule has 2 aliphatic heterocycles. The summed E-state index contributed by atoms with van der Waals surface area (Å²) in [5, 5.41) is 3.13. The molecule has 2 fully saturated rings. The predicted octanol–water partition coefficient (Wildman–Crippen LogP) is 1.10. The third-order valence-electron chi connectivity index (χ3n) is 3.98. The first-order valence-electron chi connectivity index (χ1n) is 6.83. The third-order valence-corrected chi connectivity index (χ3v) is 3.98. The van der Waals surface area contributed by atoms with Gasteiger partial charge in [-0.05, 0) is 26.3 Å². The van der Waals surface area contributed by atoms with E-state index in [4.69, 9.17) is 4.74 Å². The van der Waals surface area contributed by atoms with Crippen LogP contribution in [0.1, 0.15) is 18.5 Å². The Morgan fingerprint density at radius 3 is 3.28 bits per heavy atom. The average Bonchev–Trinajstić information content (AvgIpc) is 2.95. The standard InChI is InChI=1S/C13H22N4O/c1-10-6-17(13(14-2)15-10)8-12-7-16-5-3-4-11(16)9-18-12/h6,11-12H,3-5,7-9H2,1-2H3,(H,14,15). The van der Waals surface area contributed by atoms with Crippen LogP contribution in [0.25, 0.3) is 0 Å². The van der Waals surface area contributed by atoms with Crippen molar-refractivity contribution in [2.75, 3.05) is 32.1 Å². The lowest BCUT2D eigenvalue weighted by Gasteiger charge is -2.35. The number of anilines is 1. The normalized spacial score (nSPS) is 28.3. The summed E-state index contributed by atoms with van der Waals surface area (Å²) in [5.41, 5.74) is 1.05. The second kappa shape index (κ2) is 4.90. The number of hydrogen-bond acceptors (Lipinski definition) is 4. The molecule has 0 spiro atoms. The summed E-state index contributed by atoms with van der Waals surface area (Å²) in [6, 6.07) is 0.676. The van der Waals surface area contributed by atoms with E-state index in [9.17, 15) is 0 Å². The van der Waals surface area contributed by atoms with Gasteiger partial charge in [0.25, 0.3) is 0 Å². The predicted molar refractivity (Wildman–Crippen MR) is 70.8 cm³/mol. The molecule has 2 saturated heterocycles. The zero-order chi connectivity index (χ0) is 12.5. The van der Waals surface area contributed by atoms with Crippen molar-refractivity contribution in [1.29, 1.82) is 0 Å². The topological polar surface area (TPSA) is 42.3 Å². The van der Waals surface area contributed by atoms with Gasteiger partial charge in [0.15, 0.2) is 0 Å². The van der Waals surface area contributed by atoms with Crippen molar-refractivity contribution in [2.45, 2.75) is 38.5 Å². The molecule has 5 nitrogen and oxygen atoms in total. The Kier molecular flexibility index (Phi) is 3.26. The molecule has 0 saturated carbocycles. The minimum atomic E-state index is 0.292. The molecule has 1 aromatic heterocycles. The minimum Gasteiger partial charge on any atom is -0.373 e. The first kappa shape index (κ1) is 12.0. The zero-order valence-electron chi connectivity index (χ0n) is 11.2. The number of rotatable bonds is 3. The fourth-order valence-electron chi connectivity index (χ4n) is 3.10. The van der Waals surface area contributed by atoms with Crippen LogP contribution in [-0.2, 0) is 11.3 Å². The Balaban J connectivity index is 1.65. The number of hydrogen-bond donors (Lipinski definition) is 1. The Hall–Kier alpha value is -1.07. The molecule has 0 aliphatic carbocycles. The van der Waals surface area contributed by atoms with Gasteiger partial charge in [-0.25, -0.2) is 4.98 Å². The largest absolute Gasteiger partial charge is 0.373 e. The highest BCUT2D eigenvalue weighted by atomic mass is 16.5. The van der Waals surface area contributed by atoms with Crippen molar-refractivity contribution < 1.29 is 4.74 Å². The lowest BCUT2D eigenvalue weighted by atomic mass is 10.2. The molecule has 3 heterocycles. The Morgan fingerprint density at radius 2 is 2.44 bits per heavy atom. The first-order chi connectivity index (χ1) is 8.76. The van der Waals surface area contributed by atoms with E-state index >= 15 is 0 Å². The van der Waals surface area contributed by atoms with Crippen LogP contribution in [0.3, 0.4) is 0 Å². The summed E-state index contributed by atoms with van der Waals surface area (Å²) in [7, 11) is 1.91. The highest BCUT2D eigenvalue weighted by Crippen LogP contribution is 2.23. The van der Waals surface area contributed by atoms with Crippen LogP contribution < -0.4 is 5.32 Å². The highest BCUT2D eigenvalue weighted by molar-refractivity contribution is 5.27. The van der Waals surface area contributed by atoms with Crippen molar-refractivity contribution in [1.82, 2.24) is 14.5 Å². The van der Waals surface area contributed by atoms with E-state index in [1.54, 1.807) is 0 Å². The first-order valence-corrected chi connectivity index (χ1v) is 6.83. The lowest BCUT2D eigenvalue weighted by molar-refractivity contribution is -0.0549. The molecule has 0 amide bonds. The van der Waals surface area contributed by atoms with Gasteiger partial charge in [-0.2, -0.15) is 0 Å². The maximum absolute atomic E-state index is 5.99. The van der Waals surface area contributed by atoms with Gasteiger partial charge < -0.3 is 14.6 Å². The lowest BCUT2D eigenvalue weighted by Crippen LogP contribution is -2.47. The molecule has 0 aromatic carbocycles. The average molecular weight is 250 g/mol. The molecule has 5 heteroatoms. The van der Waals surface area contributed by atoms with E-state index in [1.807, 2.05) is 14.0 Å². The Labute approximate surface area is 108 Å². The molecule has 0 bridgehead atoms. The Bertz CT molecular complexity index is 417. The number of imidazole rings is 1. The van der Waals surface area contributed by atoms with E-state index in [0.717, 1.165) is 31.3 Å². The van der Waals surface area contributed by atoms with Crippen molar-refractivity contribution in [3.05, 3.63) is 11.9 Å². The van der Waals surface area contributed by atoms with Crippen molar-refractivity contribution in [3.8, 4) is 0 Å². The van der Waals surface area contributed by atoms with Gasteiger partial charge in [0.05, 0.1) is 24.9 Å². The number of aryl methyl sites for hydroxylation is 1. The fraction of sp³-hybridized carbons (Fsp3) is 0.769. The molecular weight excluding hydrogens is 228 g/mol. The van der Waals surface area contributed by atoms with Gasteiger partial charge in [-0.3, -0.25) is 4.90 Å². The second-order valence-electron chi connectivity index (χ2n) is 5.35. The zero-order valence-corrected chi connectivity index (χ0v) is 11.2. The number of nitrogens with one attached hydrogen (secondary N) is 1. The van der Waals surface area contributed by atoms with E-state index in [2.05, 4.69) is 26.0 Å². The SMILES string of the molecule is CNc1nc(C)cn1CC1CN2CCCC2CO1. The monoisotopic (exact) mass is 250 g/mol. The van der Waals surface area contributed by atoms with Crippen LogP contribution in [0, 0.1) is 6.92 Å². The molecule has 1 aromatic rings. The summed E-state index contributed by atoms with van der Waals surface area (Å²) in [6.45, 7) is 6.11. The van der Waals surface area contributed by atoms with Crippen LogP contribution in [0.2, 0.25) is 0 Å². The second-order valence-corrected chi connectivity index (χ2v) is 5.35. The molecule has 2 aliphatic rings. The molecule has 2 unspecified atom stereocenters. The van der Waals surface area contributed by atoms with Gasteiger partial charge in [0, 0.05) is 25.8 Å². The van der Waals surface area contributed by atoms with Gasteiger partial charge in [-0.15, -0.1) is 0 Å². The van der Waals surface area contributed by atoms with Crippen molar-refractivity contribution in [2.24, 2.45) is 0 Å². The number of aromatic nitrogens is 2. The van der Waals surface area contributed by atoms with Crippen LogP contribution in [0.15, 0.2) is 6.20 Å².